The predicted molar refractivity (Wildman–Crippen MR) is 117 cm³/mol. The number of hydrogen-bond donors (Lipinski definition) is 3. The van der Waals surface area contributed by atoms with Gasteiger partial charge in [0.2, 0.25) is 0 Å². The highest BCUT2D eigenvalue weighted by atomic mass is 32.1. The minimum Gasteiger partial charge on any atom is -0.494 e. The van der Waals surface area contributed by atoms with Crippen LogP contribution in [0.2, 0.25) is 0 Å². The van der Waals surface area contributed by atoms with Crippen molar-refractivity contribution < 1.29 is 14.6 Å². The molecule has 3 aliphatic rings. The van der Waals surface area contributed by atoms with Gasteiger partial charge in [0, 0.05) is 29.7 Å². The van der Waals surface area contributed by atoms with Gasteiger partial charge in [0.15, 0.2) is 0 Å². The molecule has 4 rings (SSSR count). The Kier molecular flexibility index (Phi) is 6.20. The fourth-order valence-electron chi connectivity index (χ4n) is 5.29. The lowest BCUT2D eigenvalue weighted by Crippen LogP contribution is -2.37. The van der Waals surface area contributed by atoms with Gasteiger partial charge in [-0.05, 0) is 61.1 Å². The molecule has 0 spiro atoms. The van der Waals surface area contributed by atoms with Crippen LogP contribution in [0.3, 0.4) is 0 Å². The van der Waals surface area contributed by atoms with E-state index in [2.05, 4.69) is 23.6 Å². The first-order valence-corrected chi connectivity index (χ1v) is 11.0. The number of ether oxygens (including phenoxy) is 1. The lowest BCUT2D eigenvalue weighted by Gasteiger charge is -2.31. The van der Waals surface area contributed by atoms with Crippen molar-refractivity contribution in [1.29, 1.82) is 0 Å². The summed E-state index contributed by atoms with van der Waals surface area (Å²) in [5, 5.41) is 8.85. The molecular formula is C23H30N2O3S. The minimum absolute atomic E-state index is 0.0501. The number of carboxylic acids is 1. The third kappa shape index (κ3) is 4.81. The summed E-state index contributed by atoms with van der Waals surface area (Å²) < 4.78 is 5.96. The van der Waals surface area contributed by atoms with Crippen LogP contribution >= 0.6 is 12.6 Å². The van der Waals surface area contributed by atoms with Crippen molar-refractivity contribution in [2.75, 3.05) is 19.7 Å². The Morgan fingerprint density at radius 2 is 2.07 bits per heavy atom. The van der Waals surface area contributed by atoms with Crippen LogP contribution in [-0.2, 0) is 11.2 Å². The summed E-state index contributed by atoms with van der Waals surface area (Å²) in [4.78, 5) is 14.4. The summed E-state index contributed by atoms with van der Waals surface area (Å²) >= 11 is 4.41. The molecule has 1 heterocycles. The van der Waals surface area contributed by atoms with Gasteiger partial charge in [-0.15, -0.1) is 12.6 Å². The Balaban J connectivity index is 1.25. The van der Waals surface area contributed by atoms with Crippen molar-refractivity contribution in [3.8, 4) is 5.75 Å². The maximum Gasteiger partial charge on any atom is 0.307 e. The van der Waals surface area contributed by atoms with E-state index < -0.39 is 5.97 Å². The van der Waals surface area contributed by atoms with E-state index in [4.69, 9.17) is 15.6 Å². The van der Waals surface area contributed by atoms with E-state index in [1.807, 2.05) is 30.3 Å². The number of nitrogens with zero attached hydrogens (tertiary/aromatic N) is 1. The maximum atomic E-state index is 10.8. The number of carboxylic acid groups (broad SMARTS) is 1. The van der Waals surface area contributed by atoms with E-state index in [-0.39, 0.29) is 6.42 Å². The van der Waals surface area contributed by atoms with Crippen LogP contribution in [-0.4, -0.2) is 41.7 Å². The standard InChI is InChI=1S/C23H30N2O3S/c24-20-11-16(3-8-22(20)29)13-25-14-17-4-7-21(25)19(17)9-10-28-18-5-1-15(2-6-18)12-23(26)27/h1-3,5-6,8,16-17,19,21,29H,4,7,9-14,24H2,(H,26,27). The number of carbonyl (C=O) groups is 1. The number of rotatable bonds is 8. The molecule has 5 nitrogen and oxygen atoms in total. The number of fused-ring (bicyclic) bond motifs is 2. The molecule has 0 amide bonds. The molecule has 1 aliphatic heterocycles. The zero-order valence-corrected chi connectivity index (χ0v) is 17.6. The highest BCUT2D eigenvalue weighted by Crippen LogP contribution is 2.45. The number of aliphatic carboxylic acids is 1. The number of benzene rings is 1. The average Bonchev–Trinajstić information content (AvgIpc) is 3.22. The lowest BCUT2D eigenvalue weighted by atomic mass is 9.95. The Labute approximate surface area is 178 Å². The fraction of sp³-hybridized carbons (Fsp3) is 0.522. The summed E-state index contributed by atoms with van der Waals surface area (Å²) in [5.74, 6) is 1.99. The normalized spacial score (nSPS) is 28.9. The van der Waals surface area contributed by atoms with Crippen LogP contribution in [0.1, 0.15) is 31.2 Å². The second-order valence-electron chi connectivity index (χ2n) is 8.61. The number of nitrogens with two attached hydrogens (primary N) is 1. The Morgan fingerprint density at radius 3 is 2.79 bits per heavy atom. The van der Waals surface area contributed by atoms with E-state index in [0.29, 0.717) is 24.5 Å². The maximum absolute atomic E-state index is 10.8. The fourth-order valence-corrected chi connectivity index (χ4v) is 5.47. The smallest absolute Gasteiger partial charge is 0.307 e. The third-order valence-electron chi connectivity index (χ3n) is 6.68. The van der Waals surface area contributed by atoms with Crippen LogP contribution in [0.4, 0.5) is 0 Å². The lowest BCUT2D eigenvalue weighted by molar-refractivity contribution is -0.136. The summed E-state index contributed by atoms with van der Waals surface area (Å²) in [6, 6.07) is 8.07. The Hall–Kier alpha value is -1.92. The number of hydrogen-bond acceptors (Lipinski definition) is 5. The first-order valence-electron chi connectivity index (χ1n) is 10.5. The molecule has 29 heavy (non-hydrogen) atoms. The molecule has 2 fully saturated rings. The van der Waals surface area contributed by atoms with E-state index in [1.165, 1.54) is 19.4 Å². The van der Waals surface area contributed by atoms with Gasteiger partial charge in [-0.25, -0.2) is 0 Å². The van der Waals surface area contributed by atoms with Crippen molar-refractivity contribution >= 4 is 18.6 Å². The van der Waals surface area contributed by atoms with E-state index in [9.17, 15) is 4.79 Å². The van der Waals surface area contributed by atoms with Crippen LogP contribution < -0.4 is 10.5 Å². The molecule has 0 radical (unpaired) electrons. The minimum atomic E-state index is -0.812. The van der Waals surface area contributed by atoms with Crippen molar-refractivity contribution in [2.24, 2.45) is 23.5 Å². The molecule has 4 unspecified atom stereocenters. The van der Waals surface area contributed by atoms with Gasteiger partial charge in [-0.3, -0.25) is 9.69 Å². The number of piperidine rings is 1. The van der Waals surface area contributed by atoms with Gasteiger partial charge in [-0.1, -0.05) is 24.3 Å². The van der Waals surface area contributed by atoms with Crippen molar-refractivity contribution in [2.45, 2.75) is 38.1 Å². The molecule has 2 aliphatic carbocycles. The van der Waals surface area contributed by atoms with Gasteiger partial charge in [0.25, 0.3) is 0 Å². The van der Waals surface area contributed by atoms with Crippen LogP contribution in [0, 0.1) is 17.8 Å². The van der Waals surface area contributed by atoms with Crippen LogP contribution in [0.25, 0.3) is 0 Å². The summed E-state index contributed by atoms with van der Waals surface area (Å²) in [7, 11) is 0. The van der Waals surface area contributed by atoms with Crippen molar-refractivity contribution in [3.05, 3.63) is 52.6 Å². The monoisotopic (exact) mass is 414 g/mol. The first kappa shape index (κ1) is 20.4. The van der Waals surface area contributed by atoms with E-state index >= 15 is 0 Å². The molecule has 1 aromatic rings. The van der Waals surface area contributed by atoms with E-state index in [0.717, 1.165) is 47.2 Å². The molecule has 6 heteroatoms. The van der Waals surface area contributed by atoms with Gasteiger partial charge in [0.05, 0.1) is 13.0 Å². The Morgan fingerprint density at radius 1 is 1.28 bits per heavy atom. The zero-order chi connectivity index (χ0) is 20.4. The molecule has 1 saturated heterocycles. The van der Waals surface area contributed by atoms with Crippen LogP contribution in [0.15, 0.2) is 47.0 Å². The third-order valence-corrected chi connectivity index (χ3v) is 7.11. The summed E-state index contributed by atoms with van der Waals surface area (Å²) in [5.41, 5.74) is 7.79. The SMILES string of the molecule is NC1=C(S)C=CC(CN2CC3CCC2C3CCOc2ccc(CC(=O)O)cc2)C1. The molecule has 156 valence electrons. The molecule has 1 saturated carbocycles. The second kappa shape index (κ2) is 8.84. The molecule has 1 aromatic carbocycles. The largest absolute Gasteiger partial charge is 0.494 e. The molecule has 3 N–H and O–H groups in total. The van der Waals surface area contributed by atoms with Gasteiger partial charge in [-0.2, -0.15) is 0 Å². The molecular weight excluding hydrogens is 384 g/mol. The summed E-state index contributed by atoms with van der Waals surface area (Å²) in [6.07, 6.45) is 8.97. The molecule has 0 aromatic heterocycles. The zero-order valence-electron chi connectivity index (χ0n) is 16.7. The van der Waals surface area contributed by atoms with Gasteiger partial charge in [0.1, 0.15) is 5.75 Å². The van der Waals surface area contributed by atoms with Crippen molar-refractivity contribution in [1.82, 2.24) is 4.90 Å². The highest BCUT2D eigenvalue weighted by Gasteiger charge is 2.46. The van der Waals surface area contributed by atoms with Crippen molar-refractivity contribution in [3.63, 3.8) is 0 Å². The Bertz CT molecular complexity index is 805. The van der Waals surface area contributed by atoms with Gasteiger partial charge >= 0.3 is 5.97 Å². The van der Waals surface area contributed by atoms with E-state index in [1.54, 1.807) is 0 Å². The quantitative estimate of drug-likeness (QED) is 0.568. The number of likely N-dealkylation sites (tertiary alicyclic amines) is 1. The van der Waals surface area contributed by atoms with Crippen LogP contribution in [0.5, 0.6) is 5.75 Å². The number of allylic oxidation sites excluding steroid dienone is 2. The first-order chi connectivity index (χ1) is 14.0. The summed E-state index contributed by atoms with van der Waals surface area (Å²) in [6.45, 7) is 2.99. The predicted octanol–water partition coefficient (Wildman–Crippen LogP) is 3.47. The molecule has 2 bridgehead atoms. The average molecular weight is 415 g/mol. The molecule has 4 atom stereocenters. The number of thiol groups is 1. The topological polar surface area (TPSA) is 75.8 Å². The highest BCUT2D eigenvalue weighted by molar-refractivity contribution is 7.84. The second-order valence-corrected chi connectivity index (χ2v) is 9.09. The van der Waals surface area contributed by atoms with Gasteiger partial charge < -0.3 is 15.6 Å².